The van der Waals surface area contributed by atoms with Gasteiger partial charge in [0, 0.05) is 17.3 Å². The Morgan fingerprint density at radius 2 is 2.00 bits per heavy atom. The first-order valence-corrected chi connectivity index (χ1v) is 9.87. The van der Waals surface area contributed by atoms with Gasteiger partial charge in [0.1, 0.15) is 11.6 Å². The van der Waals surface area contributed by atoms with Crippen molar-refractivity contribution in [3.05, 3.63) is 92.0 Å². The van der Waals surface area contributed by atoms with Crippen molar-refractivity contribution in [2.24, 2.45) is 0 Å². The lowest BCUT2D eigenvalue weighted by Crippen LogP contribution is -2.31. The van der Waals surface area contributed by atoms with Crippen LogP contribution in [0.3, 0.4) is 0 Å². The quantitative estimate of drug-likeness (QED) is 0.549. The van der Waals surface area contributed by atoms with Crippen molar-refractivity contribution >= 4 is 39.1 Å². The molecule has 0 aliphatic carbocycles. The number of halogens is 3. The SMILES string of the molecule is CC(Oc1ccc(F)cc1Br)C(=O)Nc1ccc(=O)n(Cc2ccccc2Cl)c1. The summed E-state index contributed by atoms with van der Waals surface area (Å²) in [5.74, 6) is -0.482. The van der Waals surface area contributed by atoms with E-state index in [1.165, 1.54) is 34.9 Å². The molecule has 0 spiro atoms. The summed E-state index contributed by atoms with van der Waals surface area (Å²) in [7, 11) is 0. The summed E-state index contributed by atoms with van der Waals surface area (Å²) in [6.45, 7) is 1.85. The molecule has 8 heteroatoms. The second-order valence-corrected chi connectivity index (χ2v) is 7.56. The van der Waals surface area contributed by atoms with Crippen LogP contribution >= 0.6 is 27.5 Å². The van der Waals surface area contributed by atoms with Crippen LogP contribution in [0.4, 0.5) is 10.1 Å². The van der Waals surface area contributed by atoms with Crippen LogP contribution in [-0.2, 0) is 11.3 Å². The van der Waals surface area contributed by atoms with Crippen LogP contribution in [0.15, 0.2) is 70.1 Å². The Kier molecular flexibility index (Phi) is 6.71. The van der Waals surface area contributed by atoms with Gasteiger partial charge in [0.05, 0.1) is 16.7 Å². The van der Waals surface area contributed by atoms with Crippen molar-refractivity contribution in [1.29, 1.82) is 0 Å². The molecule has 0 saturated heterocycles. The monoisotopic (exact) mass is 478 g/mol. The molecule has 1 amide bonds. The number of hydrogen-bond acceptors (Lipinski definition) is 3. The lowest BCUT2D eigenvalue weighted by molar-refractivity contribution is -0.122. The van der Waals surface area contributed by atoms with Crippen LogP contribution in [-0.4, -0.2) is 16.6 Å². The predicted molar refractivity (Wildman–Crippen MR) is 114 cm³/mol. The number of rotatable bonds is 6. The molecule has 0 radical (unpaired) electrons. The van der Waals surface area contributed by atoms with Gasteiger partial charge in [-0.05, 0) is 58.7 Å². The Bertz CT molecular complexity index is 1100. The van der Waals surface area contributed by atoms with E-state index in [4.69, 9.17) is 16.3 Å². The summed E-state index contributed by atoms with van der Waals surface area (Å²) in [5, 5.41) is 3.27. The van der Waals surface area contributed by atoms with Crippen LogP contribution in [0.1, 0.15) is 12.5 Å². The highest BCUT2D eigenvalue weighted by Gasteiger charge is 2.17. The molecule has 3 aromatic rings. The van der Waals surface area contributed by atoms with E-state index in [9.17, 15) is 14.0 Å². The normalized spacial score (nSPS) is 11.7. The standard InChI is InChI=1S/C21H17BrClFN2O3/c1-13(29-19-8-6-15(24)10-17(19)22)21(28)25-16-7-9-20(27)26(12-16)11-14-4-2-3-5-18(14)23/h2-10,12-13H,11H2,1H3,(H,25,28). The lowest BCUT2D eigenvalue weighted by atomic mass is 10.2. The largest absolute Gasteiger partial charge is 0.480 e. The van der Waals surface area contributed by atoms with Gasteiger partial charge in [-0.25, -0.2) is 4.39 Å². The van der Waals surface area contributed by atoms with Gasteiger partial charge in [-0.1, -0.05) is 29.8 Å². The molecule has 1 heterocycles. The molecule has 3 rings (SSSR count). The van der Waals surface area contributed by atoms with Crippen LogP contribution in [0.2, 0.25) is 5.02 Å². The number of hydrogen-bond donors (Lipinski definition) is 1. The van der Waals surface area contributed by atoms with Gasteiger partial charge >= 0.3 is 0 Å². The van der Waals surface area contributed by atoms with Crippen molar-refractivity contribution < 1.29 is 13.9 Å². The summed E-state index contributed by atoms with van der Waals surface area (Å²) in [4.78, 5) is 24.6. The Balaban J connectivity index is 1.71. The van der Waals surface area contributed by atoms with E-state index in [1.807, 2.05) is 18.2 Å². The van der Waals surface area contributed by atoms with E-state index in [2.05, 4.69) is 21.2 Å². The fraction of sp³-hybridized carbons (Fsp3) is 0.143. The summed E-state index contributed by atoms with van der Waals surface area (Å²) in [6, 6.07) is 14.1. The van der Waals surface area contributed by atoms with Gasteiger partial charge in [0.25, 0.3) is 11.5 Å². The third-order valence-electron chi connectivity index (χ3n) is 4.12. The second-order valence-electron chi connectivity index (χ2n) is 6.30. The summed E-state index contributed by atoms with van der Waals surface area (Å²) in [5.41, 5.74) is 1.01. The van der Waals surface area contributed by atoms with Crippen LogP contribution in [0.25, 0.3) is 0 Å². The predicted octanol–water partition coefficient (Wildman–Crippen LogP) is 4.86. The second kappa shape index (κ2) is 9.24. The number of carbonyl (C=O) groups excluding carboxylic acids is 1. The van der Waals surface area contributed by atoms with E-state index in [-0.39, 0.29) is 12.1 Å². The molecule has 2 aromatic carbocycles. The number of aromatic nitrogens is 1. The molecule has 29 heavy (non-hydrogen) atoms. The first-order valence-electron chi connectivity index (χ1n) is 8.70. The summed E-state index contributed by atoms with van der Waals surface area (Å²) >= 11 is 9.36. The lowest BCUT2D eigenvalue weighted by Gasteiger charge is -2.16. The molecule has 1 unspecified atom stereocenters. The maximum Gasteiger partial charge on any atom is 0.265 e. The Morgan fingerprint density at radius 3 is 2.72 bits per heavy atom. The molecule has 1 N–H and O–H groups in total. The Labute approximate surface area is 180 Å². The maximum absolute atomic E-state index is 13.2. The average Bonchev–Trinajstić information content (AvgIpc) is 2.68. The highest BCUT2D eigenvalue weighted by molar-refractivity contribution is 9.10. The number of anilines is 1. The molecule has 0 aliphatic rings. The smallest absolute Gasteiger partial charge is 0.265 e. The van der Waals surface area contributed by atoms with Crippen molar-refractivity contribution in [2.45, 2.75) is 19.6 Å². The van der Waals surface area contributed by atoms with Gasteiger partial charge in [-0.3, -0.25) is 9.59 Å². The van der Waals surface area contributed by atoms with Crippen LogP contribution in [0.5, 0.6) is 5.75 Å². The van der Waals surface area contributed by atoms with Crippen LogP contribution in [0, 0.1) is 5.82 Å². The van der Waals surface area contributed by atoms with Gasteiger partial charge in [0.2, 0.25) is 0 Å². The topological polar surface area (TPSA) is 60.3 Å². The molecule has 0 fully saturated rings. The first kappa shape index (κ1) is 21.1. The fourth-order valence-electron chi connectivity index (χ4n) is 2.60. The molecule has 150 valence electrons. The van der Waals surface area contributed by atoms with E-state index in [0.717, 1.165) is 5.56 Å². The van der Waals surface area contributed by atoms with Gasteiger partial charge in [-0.2, -0.15) is 0 Å². The number of ether oxygens (including phenoxy) is 1. The third-order valence-corrected chi connectivity index (χ3v) is 5.10. The van der Waals surface area contributed by atoms with Gasteiger partial charge in [0.15, 0.2) is 6.10 Å². The first-order chi connectivity index (χ1) is 13.8. The zero-order valence-corrected chi connectivity index (χ0v) is 17.7. The molecule has 0 aliphatic heterocycles. The molecule has 1 aromatic heterocycles. The average molecular weight is 480 g/mol. The molecule has 5 nitrogen and oxygen atoms in total. The van der Waals surface area contributed by atoms with Crippen molar-refractivity contribution in [3.63, 3.8) is 0 Å². The van der Waals surface area contributed by atoms with Crippen LogP contribution < -0.4 is 15.6 Å². The Morgan fingerprint density at radius 1 is 1.24 bits per heavy atom. The number of nitrogens with zero attached hydrogens (tertiary/aromatic N) is 1. The van der Waals surface area contributed by atoms with E-state index >= 15 is 0 Å². The molecule has 1 atom stereocenters. The number of pyridine rings is 1. The maximum atomic E-state index is 13.2. The Hall–Kier alpha value is -2.64. The number of nitrogens with one attached hydrogen (secondary N) is 1. The minimum Gasteiger partial charge on any atom is -0.480 e. The van der Waals surface area contributed by atoms with Gasteiger partial charge < -0.3 is 14.6 Å². The summed E-state index contributed by atoms with van der Waals surface area (Å²) in [6.07, 6.45) is 0.699. The molecular weight excluding hydrogens is 463 g/mol. The van der Waals surface area contributed by atoms with Gasteiger partial charge in [-0.15, -0.1) is 0 Å². The zero-order valence-electron chi connectivity index (χ0n) is 15.4. The van der Waals surface area contributed by atoms with E-state index < -0.39 is 17.8 Å². The molecule has 0 bridgehead atoms. The van der Waals surface area contributed by atoms with Crippen molar-refractivity contribution in [2.75, 3.05) is 5.32 Å². The van der Waals surface area contributed by atoms with Crippen molar-refractivity contribution in [1.82, 2.24) is 4.57 Å². The van der Waals surface area contributed by atoms with E-state index in [1.54, 1.807) is 19.2 Å². The number of benzene rings is 2. The molecule has 0 saturated carbocycles. The number of amides is 1. The number of carbonyl (C=O) groups is 1. The third kappa shape index (κ3) is 5.46. The fourth-order valence-corrected chi connectivity index (χ4v) is 3.24. The minimum atomic E-state index is -0.847. The minimum absolute atomic E-state index is 0.220. The highest BCUT2D eigenvalue weighted by atomic mass is 79.9. The van der Waals surface area contributed by atoms with Crippen molar-refractivity contribution in [3.8, 4) is 5.75 Å². The van der Waals surface area contributed by atoms with E-state index in [0.29, 0.717) is 20.9 Å². The highest BCUT2D eigenvalue weighted by Crippen LogP contribution is 2.26. The summed E-state index contributed by atoms with van der Waals surface area (Å²) < 4.78 is 20.6. The zero-order chi connectivity index (χ0) is 21.0. The molecular formula is C21H17BrClFN2O3.